The molecule has 0 aliphatic rings. The molecule has 6 nitrogen and oxygen atoms in total. The number of anilines is 1. The molecule has 8 heteroatoms. The topological polar surface area (TPSA) is 95.5 Å². The fraction of sp³-hybridized carbons (Fsp3) is 0.188. The van der Waals surface area contributed by atoms with E-state index in [0.29, 0.717) is 5.69 Å². The van der Waals surface area contributed by atoms with Crippen LogP contribution in [0.2, 0.25) is 0 Å². The van der Waals surface area contributed by atoms with Crippen LogP contribution in [-0.2, 0) is 21.4 Å². The van der Waals surface area contributed by atoms with Gasteiger partial charge in [-0.05, 0) is 42.0 Å². The molecule has 0 heterocycles. The molecule has 0 aliphatic carbocycles. The number of aliphatic hydroxyl groups excluding tert-OH is 1. The van der Waals surface area contributed by atoms with E-state index in [1.807, 2.05) is 0 Å². The van der Waals surface area contributed by atoms with E-state index in [9.17, 15) is 17.6 Å². The van der Waals surface area contributed by atoms with Crippen LogP contribution in [0.15, 0.2) is 53.4 Å². The molecule has 128 valence electrons. The zero-order chi connectivity index (χ0) is 17.6. The van der Waals surface area contributed by atoms with Crippen molar-refractivity contribution in [3.8, 4) is 0 Å². The summed E-state index contributed by atoms with van der Waals surface area (Å²) < 4.78 is 39.0. The molecule has 0 radical (unpaired) electrons. The van der Waals surface area contributed by atoms with Gasteiger partial charge in [0.15, 0.2) is 0 Å². The van der Waals surface area contributed by atoms with Gasteiger partial charge >= 0.3 is 0 Å². The molecule has 0 bridgehead atoms. The summed E-state index contributed by atoms with van der Waals surface area (Å²) >= 11 is 0. The van der Waals surface area contributed by atoms with Gasteiger partial charge in [0.2, 0.25) is 15.9 Å². The monoisotopic (exact) mass is 352 g/mol. The van der Waals surface area contributed by atoms with Gasteiger partial charge in [-0.3, -0.25) is 4.79 Å². The molecule has 0 fully saturated rings. The highest BCUT2D eigenvalue weighted by Crippen LogP contribution is 2.11. The number of amides is 1. The first-order valence-electron chi connectivity index (χ1n) is 7.15. The number of hydrogen-bond donors (Lipinski definition) is 3. The van der Waals surface area contributed by atoms with Gasteiger partial charge in [-0.2, -0.15) is 0 Å². The third-order valence-corrected chi connectivity index (χ3v) is 4.67. The summed E-state index contributed by atoms with van der Waals surface area (Å²) in [4.78, 5) is 11.7. The average molecular weight is 352 g/mol. The maximum atomic E-state index is 12.8. The second-order valence-electron chi connectivity index (χ2n) is 5.00. The highest BCUT2D eigenvalue weighted by molar-refractivity contribution is 7.89. The Labute approximate surface area is 139 Å². The molecular formula is C16H17FN2O4S. The van der Waals surface area contributed by atoms with Gasteiger partial charge in [0, 0.05) is 18.7 Å². The number of rotatable bonds is 7. The van der Waals surface area contributed by atoms with E-state index in [4.69, 9.17) is 5.11 Å². The van der Waals surface area contributed by atoms with Crippen LogP contribution in [0.4, 0.5) is 10.1 Å². The normalized spacial score (nSPS) is 11.2. The summed E-state index contributed by atoms with van der Waals surface area (Å²) in [7, 11) is -3.78. The summed E-state index contributed by atoms with van der Waals surface area (Å²) in [6.07, 6.45) is -0.0534. The lowest BCUT2D eigenvalue weighted by Gasteiger charge is -2.08. The van der Waals surface area contributed by atoms with Crippen molar-refractivity contribution >= 4 is 21.6 Å². The van der Waals surface area contributed by atoms with Crippen molar-refractivity contribution in [3.05, 3.63) is 59.9 Å². The SMILES string of the molecule is O=C(CCNS(=O)(=O)c1ccc(F)cc1)Nc1ccc(CO)cc1. The van der Waals surface area contributed by atoms with E-state index in [-0.39, 0.29) is 30.4 Å². The van der Waals surface area contributed by atoms with E-state index in [0.717, 1.165) is 29.8 Å². The van der Waals surface area contributed by atoms with Crippen LogP contribution in [0.25, 0.3) is 0 Å². The van der Waals surface area contributed by atoms with Crippen molar-refractivity contribution in [1.82, 2.24) is 4.72 Å². The van der Waals surface area contributed by atoms with Crippen molar-refractivity contribution in [2.24, 2.45) is 0 Å². The van der Waals surface area contributed by atoms with Gasteiger partial charge in [0.1, 0.15) is 5.82 Å². The predicted molar refractivity (Wildman–Crippen MR) is 87.2 cm³/mol. The number of hydrogen-bond acceptors (Lipinski definition) is 4. The van der Waals surface area contributed by atoms with E-state index in [1.54, 1.807) is 24.3 Å². The van der Waals surface area contributed by atoms with Gasteiger partial charge in [0.25, 0.3) is 0 Å². The molecule has 0 saturated carbocycles. The molecule has 1 amide bonds. The molecule has 0 aromatic heterocycles. The first-order chi connectivity index (χ1) is 11.4. The van der Waals surface area contributed by atoms with Gasteiger partial charge in [0.05, 0.1) is 11.5 Å². The second kappa shape index (κ2) is 8.00. The molecular weight excluding hydrogens is 335 g/mol. The number of aliphatic hydroxyl groups is 1. The number of halogens is 1. The molecule has 2 aromatic carbocycles. The van der Waals surface area contributed by atoms with Crippen molar-refractivity contribution in [2.45, 2.75) is 17.9 Å². The van der Waals surface area contributed by atoms with Crippen LogP contribution in [0, 0.1) is 5.82 Å². The minimum Gasteiger partial charge on any atom is -0.392 e. The van der Waals surface area contributed by atoms with Crippen LogP contribution in [-0.4, -0.2) is 26.0 Å². The maximum absolute atomic E-state index is 12.8. The van der Waals surface area contributed by atoms with E-state index < -0.39 is 15.8 Å². The van der Waals surface area contributed by atoms with Crippen LogP contribution >= 0.6 is 0 Å². The Hall–Kier alpha value is -2.29. The second-order valence-corrected chi connectivity index (χ2v) is 6.77. The highest BCUT2D eigenvalue weighted by Gasteiger charge is 2.14. The fourth-order valence-corrected chi connectivity index (χ4v) is 2.94. The molecule has 2 aromatic rings. The number of benzene rings is 2. The van der Waals surface area contributed by atoms with Crippen LogP contribution in [0.3, 0.4) is 0 Å². The van der Waals surface area contributed by atoms with Crippen LogP contribution < -0.4 is 10.0 Å². The lowest BCUT2D eigenvalue weighted by Crippen LogP contribution is -2.27. The molecule has 2 rings (SSSR count). The zero-order valence-electron chi connectivity index (χ0n) is 12.7. The first kappa shape index (κ1) is 18.1. The van der Waals surface area contributed by atoms with Gasteiger partial charge in [-0.25, -0.2) is 17.5 Å². The van der Waals surface area contributed by atoms with Crippen LogP contribution in [0.5, 0.6) is 0 Å². The quantitative estimate of drug-likeness (QED) is 0.706. The summed E-state index contributed by atoms with van der Waals surface area (Å²) in [6.45, 7) is -0.167. The number of carbonyl (C=O) groups is 1. The Morgan fingerprint density at radius 2 is 1.67 bits per heavy atom. The standard InChI is InChI=1S/C16H17FN2O4S/c17-13-3-7-15(8-4-13)24(22,23)18-10-9-16(21)19-14-5-1-12(11-20)2-6-14/h1-8,18,20H,9-11H2,(H,19,21). The average Bonchev–Trinajstić information content (AvgIpc) is 2.56. The zero-order valence-corrected chi connectivity index (χ0v) is 13.5. The predicted octanol–water partition coefficient (Wildman–Crippen LogP) is 1.63. The lowest BCUT2D eigenvalue weighted by molar-refractivity contribution is -0.116. The molecule has 0 saturated heterocycles. The summed E-state index contributed by atoms with van der Waals surface area (Å²) in [5.74, 6) is -0.880. The Kier molecular flexibility index (Phi) is 6.02. The van der Waals surface area contributed by atoms with Crippen LogP contribution in [0.1, 0.15) is 12.0 Å². The molecule has 0 unspecified atom stereocenters. The Balaban J connectivity index is 1.84. The molecule has 0 atom stereocenters. The van der Waals surface area contributed by atoms with E-state index >= 15 is 0 Å². The summed E-state index contributed by atoms with van der Waals surface area (Å²) in [6, 6.07) is 11.0. The fourth-order valence-electron chi connectivity index (χ4n) is 1.91. The van der Waals surface area contributed by atoms with Crippen molar-refractivity contribution in [1.29, 1.82) is 0 Å². The number of sulfonamides is 1. The molecule has 24 heavy (non-hydrogen) atoms. The number of carbonyl (C=O) groups excluding carboxylic acids is 1. The lowest BCUT2D eigenvalue weighted by atomic mass is 10.2. The largest absolute Gasteiger partial charge is 0.392 e. The van der Waals surface area contributed by atoms with E-state index in [1.165, 1.54) is 0 Å². The molecule has 0 aliphatic heterocycles. The van der Waals surface area contributed by atoms with Gasteiger partial charge < -0.3 is 10.4 Å². The smallest absolute Gasteiger partial charge is 0.240 e. The summed E-state index contributed by atoms with van der Waals surface area (Å²) in [5.41, 5.74) is 1.28. The highest BCUT2D eigenvalue weighted by atomic mass is 32.2. The Morgan fingerprint density at radius 3 is 2.25 bits per heavy atom. The minimum atomic E-state index is -3.78. The van der Waals surface area contributed by atoms with E-state index in [2.05, 4.69) is 10.0 Å². The molecule has 0 spiro atoms. The van der Waals surface area contributed by atoms with Crippen molar-refractivity contribution < 1.29 is 22.7 Å². The third-order valence-electron chi connectivity index (χ3n) is 3.19. The maximum Gasteiger partial charge on any atom is 0.240 e. The Morgan fingerprint density at radius 1 is 1.04 bits per heavy atom. The van der Waals surface area contributed by atoms with Gasteiger partial charge in [-0.1, -0.05) is 12.1 Å². The van der Waals surface area contributed by atoms with Crippen molar-refractivity contribution in [3.63, 3.8) is 0 Å². The summed E-state index contributed by atoms with van der Waals surface area (Å²) in [5, 5.41) is 11.6. The van der Waals surface area contributed by atoms with Crippen molar-refractivity contribution in [2.75, 3.05) is 11.9 Å². The van der Waals surface area contributed by atoms with Gasteiger partial charge in [-0.15, -0.1) is 0 Å². The first-order valence-corrected chi connectivity index (χ1v) is 8.64. The number of nitrogens with one attached hydrogen (secondary N) is 2. The molecule has 3 N–H and O–H groups in total. The minimum absolute atomic E-state index is 0.0534. The third kappa shape index (κ3) is 5.12. The Bertz CT molecular complexity index is 790.